The van der Waals surface area contributed by atoms with Gasteiger partial charge >= 0.3 is 10.2 Å². The third-order valence-corrected chi connectivity index (χ3v) is 3.72. The Kier molecular flexibility index (Phi) is 3.05. The Morgan fingerprint density at radius 1 is 1.28 bits per heavy atom. The third kappa shape index (κ3) is 2.49. The molecule has 0 spiro atoms. The van der Waals surface area contributed by atoms with Gasteiger partial charge in [0.25, 0.3) is 0 Å². The molecule has 0 saturated carbocycles. The number of hydrogen-bond donors (Lipinski definition) is 4. The molecular weight excluding hydrogens is 258 g/mol. The molecule has 0 aromatic heterocycles. The number of nitrogens with one attached hydrogen (secondary N) is 1. The van der Waals surface area contributed by atoms with Crippen molar-refractivity contribution in [1.29, 1.82) is 0 Å². The lowest BCUT2D eigenvalue weighted by Gasteiger charge is -2.14. The predicted molar refractivity (Wildman–Crippen MR) is 65.1 cm³/mol. The summed E-state index contributed by atoms with van der Waals surface area (Å²) in [5, 5.41) is 18.2. The van der Waals surface area contributed by atoms with Crippen molar-refractivity contribution in [3.8, 4) is 0 Å². The van der Waals surface area contributed by atoms with Crippen LogP contribution in [0.15, 0.2) is 30.3 Å². The van der Waals surface area contributed by atoms with E-state index in [0.29, 0.717) is 16.8 Å². The Hall–Kier alpha value is -1.93. The molecule has 0 amide bonds. The maximum Gasteiger partial charge on any atom is 0.326 e. The summed E-state index contributed by atoms with van der Waals surface area (Å²) < 4.78 is 26.0. The number of hydrogen-bond acceptors (Lipinski definition) is 5. The number of rotatable bonds is 3. The maximum absolute atomic E-state index is 11.5. The maximum atomic E-state index is 11.5. The molecule has 0 atom stereocenters. The number of aliphatic hydroxyl groups excluding tert-OH is 2. The van der Waals surface area contributed by atoms with Crippen molar-refractivity contribution in [2.75, 3.05) is 5.73 Å². The highest BCUT2D eigenvalue weighted by Crippen LogP contribution is 2.18. The summed E-state index contributed by atoms with van der Waals surface area (Å²) in [7, 11) is -3.73. The Bertz CT molecular complexity index is 597. The summed E-state index contributed by atoms with van der Waals surface area (Å²) in [5.41, 5.74) is 7.30. The minimum Gasteiger partial charge on any atom is -0.493 e. The zero-order chi connectivity index (χ0) is 13.3. The molecule has 1 aliphatic rings. The molecule has 1 heterocycles. The predicted octanol–water partition coefficient (Wildman–Crippen LogP) is -0.232. The van der Waals surface area contributed by atoms with Crippen molar-refractivity contribution in [2.24, 2.45) is 0 Å². The molecule has 8 heteroatoms. The molecule has 1 aliphatic heterocycles. The molecule has 0 unspecified atom stereocenters. The minimum atomic E-state index is -3.73. The van der Waals surface area contributed by atoms with Crippen LogP contribution in [0.4, 0.5) is 5.69 Å². The number of nitrogens with zero attached hydrogens (tertiary/aromatic N) is 1. The second-order valence-electron chi connectivity index (χ2n) is 3.91. The summed E-state index contributed by atoms with van der Waals surface area (Å²) in [6.07, 6.45) is 1.08. The lowest BCUT2D eigenvalue weighted by atomic mass is 10.1. The highest BCUT2D eigenvalue weighted by atomic mass is 32.2. The Morgan fingerprint density at radius 2 is 1.94 bits per heavy atom. The van der Waals surface area contributed by atoms with E-state index in [1.54, 1.807) is 18.2 Å². The SMILES string of the molecule is Nc1cc(CO)cc(CN2C=C(O)NS2(=O)=O)c1. The van der Waals surface area contributed by atoms with E-state index < -0.39 is 16.1 Å². The van der Waals surface area contributed by atoms with Gasteiger partial charge in [-0.15, -0.1) is 0 Å². The zero-order valence-electron chi connectivity index (χ0n) is 9.37. The molecule has 1 aromatic rings. The average molecular weight is 271 g/mol. The van der Waals surface area contributed by atoms with Crippen molar-refractivity contribution in [3.05, 3.63) is 41.4 Å². The molecule has 0 radical (unpaired) electrons. The van der Waals surface area contributed by atoms with Crippen LogP contribution in [0.3, 0.4) is 0 Å². The first-order valence-corrected chi connectivity index (χ1v) is 6.54. The molecule has 0 saturated heterocycles. The standard InChI is InChI=1S/C10H13N3O4S/c11-9-2-7(1-8(3-9)6-14)4-13-5-10(15)12-18(13,16)17/h1-3,5,12,14-15H,4,6,11H2. The van der Waals surface area contributed by atoms with E-state index in [1.165, 1.54) is 0 Å². The van der Waals surface area contributed by atoms with Crippen LogP contribution in [0.2, 0.25) is 0 Å². The van der Waals surface area contributed by atoms with Crippen LogP contribution in [0, 0.1) is 0 Å². The first-order valence-electron chi connectivity index (χ1n) is 5.10. The summed E-state index contributed by atoms with van der Waals surface area (Å²) >= 11 is 0. The van der Waals surface area contributed by atoms with E-state index in [2.05, 4.69) is 0 Å². The number of nitrogen functional groups attached to an aromatic ring is 1. The topological polar surface area (TPSA) is 116 Å². The second kappa shape index (κ2) is 4.39. The minimum absolute atomic E-state index is 0.0252. The Labute approximate surface area is 104 Å². The van der Waals surface area contributed by atoms with Gasteiger partial charge in [-0.3, -0.25) is 4.31 Å². The van der Waals surface area contributed by atoms with Gasteiger partial charge in [0.1, 0.15) is 0 Å². The number of nitrogens with two attached hydrogens (primary N) is 1. The number of aliphatic hydroxyl groups is 2. The lowest BCUT2D eigenvalue weighted by molar-refractivity contribution is 0.281. The average Bonchev–Trinajstić information content (AvgIpc) is 2.50. The molecular formula is C10H13N3O4S. The van der Waals surface area contributed by atoms with Crippen molar-refractivity contribution < 1.29 is 18.6 Å². The molecule has 7 nitrogen and oxygen atoms in total. The van der Waals surface area contributed by atoms with E-state index in [0.717, 1.165) is 10.5 Å². The van der Waals surface area contributed by atoms with Crippen molar-refractivity contribution >= 4 is 15.9 Å². The highest BCUT2D eigenvalue weighted by molar-refractivity contribution is 7.87. The largest absolute Gasteiger partial charge is 0.493 e. The van der Waals surface area contributed by atoms with Crippen LogP contribution < -0.4 is 10.5 Å². The highest BCUT2D eigenvalue weighted by Gasteiger charge is 2.27. The normalized spacial score (nSPS) is 17.4. The van der Waals surface area contributed by atoms with Gasteiger partial charge in [-0.25, -0.2) is 4.72 Å². The van der Waals surface area contributed by atoms with Crippen molar-refractivity contribution in [1.82, 2.24) is 9.03 Å². The monoisotopic (exact) mass is 271 g/mol. The van der Waals surface area contributed by atoms with E-state index >= 15 is 0 Å². The summed E-state index contributed by atoms with van der Waals surface area (Å²) in [5.74, 6) is -0.429. The van der Waals surface area contributed by atoms with Gasteiger partial charge in [-0.05, 0) is 23.3 Å². The van der Waals surface area contributed by atoms with Crippen LogP contribution in [0.5, 0.6) is 0 Å². The molecule has 1 aromatic carbocycles. The van der Waals surface area contributed by atoms with Crippen molar-refractivity contribution in [2.45, 2.75) is 13.2 Å². The smallest absolute Gasteiger partial charge is 0.326 e. The fraction of sp³-hybridized carbons (Fsp3) is 0.200. The van der Waals surface area contributed by atoms with E-state index in [1.807, 2.05) is 4.72 Å². The third-order valence-electron chi connectivity index (χ3n) is 2.40. The van der Waals surface area contributed by atoms with E-state index in [4.69, 9.17) is 15.9 Å². The molecule has 5 N–H and O–H groups in total. The van der Waals surface area contributed by atoms with Crippen LogP contribution in [-0.2, 0) is 23.4 Å². The summed E-state index contributed by atoms with van der Waals surface area (Å²) in [6.45, 7) is -0.151. The molecule has 18 heavy (non-hydrogen) atoms. The molecule has 0 bridgehead atoms. The molecule has 0 aliphatic carbocycles. The van der Waals surface area contributed by atoms with Crippen LogP contribution in [-0.4, -0.2) is 22.9 Å². The molecule has 2 rings (SSSR count). The van der Waals surface area contributed by atoms with Gasteiger partial charge in [0.2, 0.25) is 5.88 Å². The Balaban J connectivity index is 2.27. The van der Waals surface area contributed by atoms with Crippen molar-refractivity contribution in [3.63, 3.8) is 0 Å². The lowest BCUT2D eigenvalue weighted by Crippen LogP contribution is -2.29. The quantitative estimate of drug-likeness (QED) is 0.567. The number of anilines is 1. The first-order chi connectivity index (χ1) is 8.40. The van der Waals surface area contributed by atoms with E-state index in [9.17, 15) is 8.42 Å². The zero-order valence-corrected chi connectivity index (χ0v) is 10.2. The van der Waals surface area contributed by atoms with Gasteiger partial charge in [0.05, 0.1) is 19.4 Å². The fourth-order valence-electron chi connectivity index (χ4n) is 1.71. The first kappa shape index (κ1) is 12.5. The Morgan fingerprint density at radius 3 is 2.50 bits per heavy atom. The van der Waals surface area contributed by atoms with Crippen LogP contribution in [0.25, 0.3) is 0 Å². The fourth-order valence-corrected chi connectivity index (χ4v) is 2.70. The van der Waals surface area contributed by atoms with Gasteiger partial charge in [0.15, 0.2) is 0 Å². The summed E-state index contributed by atoms with van der Waals surface area (Å²) in [4.78, 5) is 0. The van der Waals surface area contributed by atoms with Crippen LogP contribution >= 0.6 is 0 Å². The van der Waals surface area contributed by atoms with Gasteiger partial charge in [-0.1, -0.05) is 6.07 Å². The van der Waals surface area contributed by atoms with Gasteiger partial charge < -0.3 is 15.9 Å². The molecule has 0 fully saturated rings. The van der Waals surface area contributed by atoms with Gasteiger partial charge in [-0.2, -0.15) is 8.42 Å². The van der Waals surface area contributed by atoms with Gasteiger partial charge in [0, 0.05) is 5.69 Å². The molecule has 98 valence electrons. The summed E-state index contributed by atoms with van der Waals surface area (Å²) in [6, 6.07) is 4.86. The number of benzene rings is 1. The second-order valence-corrected chi connectivity index (χ2v) is 5.53. The van der Waals surface area contributed by atoms with Crippen LogP contribution in [0.1, 0.15) is 11.1 Å². The van der Waals surface area contributed by atoms with E-state index in [-0.39, 0.29) is 13.2 Å².